The van der Waals surface area contributed by atoms with Gasteiger partial charge in [-0.15, -0.1) is 0 Å². The van der Waals surface area contributed by atoms with E-state index < -0.39 is 6.04 Å². The molecule has 3 aromatic rings. The molecule has 3 heteroatoms. The first kappa shape index (κ1) is 19.0. The summed E-state index contributed by atoms with van der Waals surface area (Å²) in [6.45, 7) is 2.17. The third-order valence-corrected chi connectivity index (χ3v) is 5.53. The second-order valence-electron chi connectivity index (χ2n) is 7.19. The number of benzene rings is 3. The van der Waals surface area contributed by atoms with Gasteiger partial charge >= 0.3 is 5.97 Å². The van der Waals surface area contributed by atoms with Crippen LogP contribution in [0.1, 0.15) is 42.1 Å². The summed E-state index contributed by atoms with van der Waals surface area (Å²) in [4.78, 5) is 15.3. The number of esters is 1. The molecule has 29 heavy (non-hydrogen) atoms. The molecular formula is C26H25NO2. The van der Waals surface area contributed by atoms with Crippen molar-refractivity contribution in [1.82, 2.24) is 0 Å². The summed E-state index contributed by atoms with van der Waals surface area (Å²) < 4.78 is 5.29. The smallest absolute Gasteiger partial charge is 0.333 e. The fourth-order valence-electron chi connectivity index (χ4n) is 4.19. The summed E-state index contributed by atoms with van der Waals surface area (Å²) in [5, 5.41) is 0. The molecule has 0 unspecified atom stereocenters. The van der Waals surface area contributed by atoms with Crippen LogP contribution in [0.25, 0.3) is 6.08 Å². The van der Waals surface area contributed by atoms with Crippen molar-refractivity contribution in [2.75, 3.05) is 12.0 Å². The molecule has 0 spiro atoms. The molecule has 1 heterocycles. The lowest BCUT2D eigenvalue weighted by Crippen LogP contribution is -2.40. The number of carbonyl (C=O) groups is 1. The van der Waals surface area contributed by atoms with Gasteiger partial charge in [0.05, 0.1) is 13.2 Å². The van der Waals surface area contributed by atoms with E-state index in [0.29, 0.717) is 0 Å². The second kappa shape index (κ2) is 8.36. The predicted octanol–water partition coefficient (Wildman–Crippen LogP) is 5.96. The Bertz CT molecular complexity index is 1010. The van der Waals surface area contributed by atoms with Gasteiger partial charge in [-0.25, -0.2) is 4.79 Å². The largest absolute Gasteiger partial charge is 0.467 e. The Morgan fingerprint density at radius 3 is 2.21 bits per heavy atom. The number of carbonyl (C=O) groups excluding carboxylic acids is 1. The van der Waals surface area contributed by atoms with Gasteiger partial charge in [0.15, 0.2) is 6.04 Å². The SMILES string of the molecule is CCC1=Cc2ccccc2N([C@H](C(=O)OC)c2ccccc2)[C@H]1c1ccccc1. The third kappa shape index (κ3) is 3.56. The van der Waals surface area contributed by atoms with Crippen molar-refractivity contribution in [3.63, 3.8) is 0 Å². The van der Waals surface area contributed by atoms with Crippen LogP contribution in [0.4, 0.5) is 5.69 Å². The fourth-order valence-corrected chi connectivity index (χ4v) is 4.19. The number of nitrogens with zero attached hydrogens (tertiary/aromatic N) is 1. The van der Waals surface area contributed by atoms with Crippen molar-refractivity contribution in [2.24, 2.45) is 0 Å². The summed E-state index contributed by atoms with van der Waals surface area (Å²) in [5.74, 6) is -0.260. The van der Waals surface area contributed by atoms with Crippen LogP contribution >= 0.6 is 0 Å². The van der Waals surface area contributed by atoms with Gasteiger partial charge in [0, 0.05) is 5.69 Å². The molecule has 2 atom stereocenters. The van der Waals surface area contributed by atoms with Gasteiger partial charge in [-0.05, 0) is 34.8 Å². The van der Waals surface area contributed by atoms with Crippen molar-refractivity contribution in [3.8, 4) is 0 Å². The molecule has 146 valence electrons. The van der Waals surface area contributed by atoms with Crippen molar-refractivity contribution in [1.29, 1.82) is 0 Å². The number of ether oxygens (including phenoxy) is 1. The van der Waals surface area contributed by atoms with E-state index in [9.17, 15) is 4.79 Å². The van der Waals surface area contributed by atoms with Crippen molar-refractivity contribution < 1.29 is 9.53 Å². The lowest BCUT2D eigenvalue weighted by atomic mass is 9.86. The van der Waals surface area contributed by atoms with Crippen molar-refractivity contribution in [2.45, 2.75) is 25.4 Å². The van der Waals surface area contributed by atoms with Gasteiger partial charge in [0.25, 0.3) is 0 Å². The van der Waals surface area contributed by atoms with Gasteiger partial charge in [0.1, 0.15) is 0 Å². The highest BCUT2D eigenvalue weighted by molar-refractivity contribution is 5.86. The molecule has 0 bridgehead atoms. The molecule has 4 rings (SSSR count). The number of para-hydroxylation sites is 1. The molecule has 1 aliphatic rings. The molecule has 0 saturated heterocycles. The fraction of sp³-hybridized carbons (Fsp3) is 0.192. The number of rotatable bonds is 5. The van der Waals surface area contributed by atoms with Crippen LogP contribution < -0.4 is 4.90 Å². The Hall–Kier alpha value is -3.33. The molecular weight excluding hydrogens is 358 g/mol. The highest BCUT2D eigenvalue weighted by Crippen LogP contribution is 2.46. The van der Waals surface area contributed by atoms with Crippen LogP contribution in [0.15, 0.2) is 90.5 Å². The van der Waals surface area contributed by atoms with E-state index in [1.54, 1.807) is 0 Å². The Labute approximate surface area is 172 Å². The van der Waals surface area contributed by atoms with Crippen molar-refractivity contribution >= 4 is 17.7 Å². The molecule has 0 aromatic heterocycles. The average Bonchev–Trinajstić information content (AvgIpc) is 2.79. The van der Waals surface area contributed by atoms with Gasteiger partial charge in [-0.2, -0.15) is 0 Å². The average molecular weight is 383 g/mol. The Morgan fingerprint density at radius 2 is 1.55 bits per heavy atom. The molecule has 0 aliphatic carbocycles. The van der Waals surface area contributed by atoms with Crippen LogP contribution in [-0.2, 0) is 9.53 Å². The Kier molecular flexibility index (Phi) is 5.48. The first-order valence-electron chi connectivity index (χ1n) is 10.00. The number of fused-ring (bicyclic) bond motifs is 1. The number of anilines is 1. The number of methoxy groups -OCH3 is 1. The third-order valence-electron chi connectivity index (χ3n) is 5.53. The van der Waals surface area contributed by atoms with Gasteiger partial charge in [-0.3, -0.25) is 0 Å². The summed E-state index contributed by atoms with van der Waals surface area (Å²) in [5.41, 5.74) is 5.53. The Morgan fingerprint density at radius 1 is 0.931 bits per heavy atom. The number of hydrogen-bond acceptors (Lipinski definition) is 3. The monoisotopic (exact) mass is 383 g/mol. The minimum atomic E-state index is -0.539. The van der Waals surface area contributed by atoms with Crippen molar-refractivity contribution in [3.05, 3.63) is 107 Å². The summed E-state index contributed by atoms with van der Waals surface area (Å²) in [6, 6.07) is 28.0. The van der Waals surface area contributed by atoms with Gasteiger partial charge in [-0.1, -0.05) is 91.9 Å². The molecule has 3 nitrogen and oxygen atoms in total. The lowest BCUT2D eigenvalue weighted by Gasteiger charge is -2.43. The summed E-state index contributed by atoms with van der Waals surface area (Å²) in [7, 11) is 1.46. The van der Waals surface area contributed by atoms with Crippen LogP contribution in [-0.4, -0.2) is 13.1 Å². The molecule has 1 aliphatic heterocycles. The maximum Gasteiger partial charge on any atom is 0.333 e. The molecule has 0 saturated carbocycles. The van der Waals surface area contributed by atoms with Crippen LogP contribution in [0.5, 0.6) is 0 Å². The maximum atomic E-state index is 13.1. The normalized spacial score (nSPS) is 16.6. The zero-order valence-corrected chi connectivity index (χ0v) is 16.8. The zero-order chi connectivity index (χ0) is 20.2. The predicted molar refractivity (Wildman–Crippen MR) is 118 cm³/mol. The Balaban J connectivity index is 1.97. The lowest BCUT2D eigenvalue weighted by molar-refractivity contribution is -0.142. The zero-order valence-electron chi connectivity index (χ0n) is 16.8. The van der Waals surface area contributed by atoms with E-state index in [-0.39, 0.29) is 12.0 Å². The van der Waals surface area contributed by atoms with E-state index in [0.717, 1.165) is 23.2 Å². The van der Waals surface area contributed by atoms with E-state index in [4.69, 9.17) is 4.74 Å². The molecule has 0 fully saturated rings. The van der Waals surface area contributed by atoms with E-state index >= 15 is 0 Å². The summed E-state index contributed by atoms with van der Waals surface area (Å²) >= 11 is 0. The van der Waals surface area contributed by atoms with Gasteiger partial charge < -0.3 is 9.64 Å². The topological polar surface area (TPSA) is 29.5 Å². The van der Waals surface area contributed by atoms with E-state index in [2.05, 4.69) is 54.3 Å². The molecule has 0 radical (unpaired) electrons. The first-order valence-corrected chi connectivity index (χ1v) is 10.00. The minimum absolute atomic E-state index is 0.0413. The maximum absolute atomic E-state index is 13.1. The first-order chi connectivity index (χ1) is 14.2. The second-order valence-corrected chi connectivity index (χ2v) is 7.19. The molecule has 3 aromatic carbocycles. The highest BCUT2D eigenvalue weighted by Gasteiger charge is 2.38. The molecule has 0 N–H and O–H groups in total. The minimum Gasteiger partial charge on any atom is -0.467 e. The number of hydrogen-bond donors (Lipinski definition) is 0. The molecule has 0 amide bonds. The summed E-state index contributed by atoms with van der Waals surface area (Å²) in [6.07, 6.45) is 3.16. The quantitative estimate of drug-likeness (QED) is 0.510. The van der Waals surface area contributed by atoms with Crippen LogP contribution in [0.3, 0.4) is 0 Å². The standard InChI is InChI=1S/C26H25NO2/c1-3-19-18-22-16-10-11-17-23(22)27(24(19)20-12-6-4-7-13-20)25(26(28)29-2)21-14-8-5-9-15-21/h4-18,24-25H,3H2,1-2H3/t24-,25+/m1/s1. The van der Waals surface area contributed by atoms with Crippen LogP contribution in [0, 0.1) is 0 Å². The van der Waals surface area contributed by atoms with E-state index in [1.165, 1.54) is 18.2 Å². The van der Waals surface area contributed by atoms with Crippen LogP contribution in [0.2, 0.25) is 0 Å². The van der Waals surface area contributed by atoms with Gasteiger partial charge in [0.2, 0.25) is 0 Å². The van der Waals surface area contributed by atoms with E-state index in [1.807, 2.05) is 48.5 Å². The highest BCUT2D eigenvalue weighted by atomic mass is 16.5.